The molecule has 0 nitrogen and oxygen atoms in total. The van der Waals surface area contributed by atoms with E-state index in [-0.39, 0.29) is 11.4 Å². The molecule has 0 fully saturated rings. The van der Waals surface area contributed by atoms with E-state index in [0.717, 1.165) is 54.7 Å². The summed E-state index contributed by atoms with van der Waals surface area (Å²) >= 11 is 0. The molecule has 1 atom stereocenters. The van der Waals surface area contributed by atoms with E-state index < -0.39 is 11.6 Å². The average molecular weight is 463 g/mol. The van der Waals surface area contributed by atoms with Crippen molar-refractivity contribution in [2.45, 2.75) is 65.2 Å². The average Bonchev–Trinajstić information content (AvgIpc) is 2.86. The van der Waals surface area contributed by atoms with Gasteiger partial charge in [-0.2, -0.15) is 0 Å². The normalized spacial score (nSPS) is 15.9. The van der Waals surface area contributed by atoms with Crippen LogP contribution in [0.15, 0.2) is 60.7 Å². The maximum Gasteiger partial charge on any atom is 0.166 e. The molecule has 1 aliphatic carbocycles. The minimum atomic E-state index is -0.807. The van der Waals surface area contributed by atoms with Crippen molar-refractivity contribution in [2.24, 2.45) is 5.92 Å². The summed E-state index contributed by atoms with van der Waals surface area (Å²) in [5, 5.41) is 0. The molecular formula is C31H33F3. The number of unbranched alkanes of at least 4 members (excludes halogenated alkanes) is 1. The van der Waals surface area contributed by atoms with Gasteiger partial charge in [0.15, 0.2) is 11.6 Å². The fourth-order valence-corrected chi connectivity index (χ4v) is 4.97. The maximum absolute atomic E-state index is 15.0. The second-order valence-corrected chi connectivity index (χ2v) is 9.43. The molecule has 0 spiro atoms. The van der Waals surface area contributed by atoms with Gasteiger partial charge < -0.3 is 0 Å². The molecule has 0 radical (unpaired) electrons. The van der Waals surface area contributed by atoms with Crippen molar-refractivity contribution in [2.75, 3.05) is 0 Å². The number of hydrogen-bond acceptors (Lipinski definition) is 0. The first-order chi connectivity index (χ1) is 16.5. The molecule has 0 saturated carbocycles. The van der Waals surface area contributed by atoms with Crippen LogP contribution < -0.4 is 0 Å². The molecule has 0 aliphatic heterocycles. The predicted molar refractivity (Wildman–Crippen MR) is 136 cm³/mol. The van der Waals surface area contributed by atoms with Crippen molar-refractivity contribution in [1.82, 2.24) is 0 Å². The standard InChI is InChI=1S/C31H33F3/c1-3-5-7-25-16-19-28(31(34)30(25)33)24-14-12-22(13-15-24)26-17-18-27(29(32)20-26)23-10-8-21(6-4-2)9-11-23/h10,12-21H,3-9,11H2,1-2H3. The van der Waals surface area contributed by atoms with Crippen molar-refractivity contribution >= 4 is 5.57 Å². The molecule has 0 aromatic heterocycles. The molecule has 34 heavy (non-hydrogen) atoms. The van der Waals surface area contributed by atoms with Gasteiger partial charge in [0.25, 0.3) is 0 Å². The third kappa shape index (κ3) is 5.29. The van der Waals surface area contributed by atoms with Gasteiger partial charge in [0, 0.05) is 11.1 Å². The molecule has 0 saturated heterocycles. The van der Waals surface area contributed by atoms with Gasteiger partial charge in [-0.25, -0.2) is 13.2 Å². The largest absolute Gasteiger partial charge is 0.206 e. The van der Waals surface area contributed by atoms with Crippen LogP contribution in [0.4, 0.5) is 13.2 Å². The van der Waals surface area contributed by atoms with E-state index in [4.69, 9.17) is 0 Å². The predicted octanol–water partition coefficient (Wildman–Crippen LogP) is 9.76. The summed E-state index contributed by atoms with van der Waals surface area (Å²) in [6, 6.07) is 15.9. The first-order valence-corrected chi connectivity index (χ1v) is 12.6. The van der Waals surface area contributed by atoms with E-state index >= 15 is 4.39 Å². The number of benzene rings is 3. The Bertz CT molecular complexity index is 1160. The second-order valence-electron chi connectivity index (χ2n) is 9.43. The van der Waals surface area contributed by atoms with Gasteiger partial charge in [-0.3, -0.25) is 0 Å². The molecule has 4 rings (SSSR count). The molecule has 0 bridgehead atoms. The Kier molecular flexibility index (Phi) is 7.92. The Morgan fingerprint density at radius 2 is 1.47 bits per heavy atom. The van der Waals surface area contributed by atoms with E-state index in [9.17, 15) is 8.78 Å². The lowest BCUT2D eigenvalue weighted by atomic mass is 9.84. The molecule has 0 amide bonds. The monoisotopic (exact) mass is 462 g/mol. The fourth-order valence-electron chi connectivity index (χ4n) is 4.97. The van der Waals surface area contributed by atoms with Gasteiger partial charge in [0.2, 0.25) is 0 Å². The highest BCUT2D eigenvalue weighted by Crippen LogP contribution is 2.35. The van der Waals surface area contributed by atoms with Gasteiger partial charge in [0.05, 0.1) is 0 Å². The SMILES string of the molecule is CCCCc1ccc(-c2ccc(-c3ccc(C4=CCC(CCC)CC4)c(F)c3)cc2)c(F)c1F. The van der Waals surface area contributed by atoms with Crippen LogP contribution >= 0.6 is 0 Å². The van der Waals surface area contributed by atoms with E-state index in [1.807, 2.05) is 31.2 Å². The van der Waals surface area contributed by atoms with Crippen molar-refractivity contribution < 1.29 is 13.2 Å². The summed E-state index contributed by atoms with van der Waals surface area (Å²) < 4.78 is 44.2. The van der Waals surface area contributed by atoms with Gasteiger partial charge in [-0.15, -0.1) is 0 Å². The number of halogens is 3. The molecule has 178 valence electrons. The minimum absolute atomic E-state index is 0.211. The van der Waals surface area contributed by atoms with Gasteiger partial charge in [-0.05, 0) is 71.9 Å². The molecule has 3 heteroatoms. The lowest BCUT2D eigenvalue weighted by molar-refractivity contribution is 0.444. The Balaban J connectivity index is 1.52. The number of hydrogen-bond donors (Lipinski definition) is 0. The minimum Gasteiger partial charge on any atom is -0.206 e. The lowest BCUT2D eigenvalue weighted by Crippen LogP contribution is -2.05. The van der Waals surface area contributed by atoms with Crippen LogP contribution in [0.1, 0.15) is 69.9 Å². The summed E-state index contributed by atoms with van der Waals surface area (Å²) in [4.78, 5) is 0. The Labute approximate surface area is 201 Å². The number of aryl methyl sites for hydroxylation is 1. The molecule has 0 heterocycles. The number of rotatable bonds is 8. The van der Waals surface area contributed by atoms with Crippen molar-refractivity contribution in [3.05, 3.63) is 89.3 Å². The number of allylic oxidation sites excluding steroid dienone is 2. The highest BCUT2D eigenvalue weighted by molar-refractivity contribution is 5.74. The summed E-state index contributed by atoms with van der Waals surface area (Å²) in [6.45, 7) is 4.24. The van der Waals surface area contributed by atoms with Crippen LogP contribution in [0.5, 0.6) is 0 Å². The Morgan fingerprint density at radius 3 is 2.12 bits per heavy atom. The first kappa shape index (κ1) is 24.3. The fraction of sp³-hybridized carbons (Fsp3) is 0.355. The van der Waals surface area contributed by atoms with Crippen LogP contribution in [-0.2, 0) is 6.42 Å². The molecule has 0 N–H and O–H groups in total. The lowest BCUT2D eigenvalue weighted by Gasteiger charge is -2.22. The highest BCUT2D eigenvalue weighted by atomic mass is 19.2. The van der Waals surface area contributed by atoms with Crippen molar-refractivity contribution in [3.63, 3.8) is 0 Å². The van der Waals surface area contributed by atoms with Crippen LogP contribution in [-0.4, -0.2) is 0 Å². The zero-order chi connectivity index (χ0) is 24.1. The van der Waals surface area contributed by atoms with E-state index in [0.29, 0.717) is 23.1 Å². The summed E-state index contributed by atoms with van der Waals surface area (Å²) in [6.07, 6.45) is 10.0. The molecular weight excluding hydrogens is 429 g/mol. The third-order valence-corrected chi connectivity index (χ3v) is 7.02. The summed E-state index contributed by atoms with van der Waals surface area (Å²) in [7, 11) is 0. The van der Waals surface area contributed by atoms with E-state index in [1.54, 1.807) is 30.3 Å². The summed E-state index contributed by atoms with van der Waals surface area (Å²) in [5.74, 6) is -1.05. The van der Waals surface area contributed by atoms with Crippen molar-refractivity contribution in [3.8, 4) is 22.3 Å². The third-order valence-electron chi connectivity index (χ3n) is 7.02. The van der Waals surface area contributed by atoms with Crippen LogP contribution in [0, 0.1) is 23.4 Å². The Morgan fingerprint density at radius 1 is 0.765 bits per heavy atom. The van der Waals surface area contributed by atoms with Crippen LogP contribution in [0.2, 0.25) is 0 Å². The summed E-state index contributed by atoms with van der Waals surface area (Å²) in [5.41, 5.74) is 4.68. The first-order valence-electron chi connectivity index (χ1n) is 12.6. The van der Waals surface area contributed by atoms with E-state index in [1.165, 1.54) is 12.8 Å². The highest BCUT2D eigenvalue weighted by Gasteiger charge is 2.18. The Hall–Kier alpha value is -2.81. The van der Waals surface area contributed by atoms with Crippen LogP contribution in [0.25, 0.3) is 27.8 Å². The molecule has 1 unspecified atom stereocenters. The maximum atomic E-state index is 15.0. The van der Waals surface area contributed by atoms with E-state index in [2.05, 4.69) is 13.0 Å². The van der Waals surface area contributed by atoms with Gasteiger partial charge >= 0.3 is 0 Å². The van der Waals surface area contributed by atoms with Gasteiger partial charge in [0.1, 0.15) is 5.82 Å². The second kappa shape index (κ2) is 11.1. The smallest absolute Gasteiger partial charge is 0.166 e. The quantitative estimate of drug-likeness (QED) is 0.312. The molecule has 1 aliphatic rings. The zero-order valence-electron chi connectivity index (χ0n) is 20.1. The molecule has 3 aromatic rings. The topological polar surface area (TPSA) is 0 Å². The van der Waals surface area contributed by atoms with Crippen LogP contribution in [0.3, 0.4) is 0 Å². The van der Waals surface area contributed by atoms with Crippen molar-refractivity contribution in [1.29, 1.82) is 0 Å². The zero-order valence-corrected chi connectivity index (χ0v) is 20.1. The van der Waals surface area contributed by atoms with Gasteiger partial charge in [-0.1, -0.05) is 87.7 Å². The molecule has 3 aromatic carbocycles.